The second kappa shape index (κ2) is 6.95. The summed E-state index contributed by atoms with van der Waals surface area (Å²) < 4.78 is 6.16. The van der Waals surface area contributed by atoms with E-state index < -0.39 is 0 Å². The van der Waals surface area contributed by atoms with Gasteiger partial charge in [-0.25, -0.2) is 0 Å². The van der Waals surface area contributed by atoms with Gasteiger partial charge in [0.2, 0.25) is 0 Å². The third-order valence-electron chi connectivity index (χ3n) is 2.84. The Morgan fingerprint density at radius 2 is 2.00 bits per heavy atom. The van der Waals surface area contributed by atoms with Gasteiger partial charge in [-0.3, -0.25) is 4.79 Å². The lowest BCUT2D eigenvalue weighted by molar-refractivity contribution is 0.0950. The second-order valence-corrected chi connectivity index (χ2v) is 5.65. The molecule has 0 fully saturated rings. The molecule has 20 heavy (non-hydrogen) atoms. The van der Waals surface area contributed by atoms with Crippen LogP contribution >= 0.6 is 34.2 Å². The van der Waals surface area contributed by atoms with Crippen molar-refractivity contribution < 1.29 is 9.53 Å². The van der Waals surface area contributed by atoms with E-state index in [1.807, 2.05) is 30.3 Å². The minimum absolute atomic E-state index is 0.128. The van der Waals surface area contributed by atoms with Crippen molar-refractivity contribution in [2.24, 2.45) is 0 Å². The highest BCUT2D eigenvalue weighted by atomic mass is 127. The average Bonchev–Trinajstić information content (AvgIpc) is 2.46. The van der Waals surface area contributed by atoms with Gasteiger partial charge in [0.1, 0.15) is 5.75 Å². The van der Waals surface area contributed by atoms with Crippen LogP contribution in [-0.2, 0) is 6.54 Å². The number of benzene rings is 2. The molecule has 0 heterocycles. The van der Waals surface area contributed by atoms with Gasteiger partial charge in [-0.1, -0.05) is 29.8 Å². The zero-order chi connectivity index (χ0) is 14.5. The smallest absolute Gasteiger partial charge is 0.252 e. The molecule has 104 valence electrons. The van der Waals surface area contributed by atoms with Crippen LogP contribution in [0.15, 0.2) is 42.5 Å². The van der Waals surface area contributed by atoms with Crippen LogP contribution in [-0.4, -0.2) is 13.0 Å². The van der Waals surface area contributed by atoms with Crippen LogP contribution in [0.25, 0.3) is 0 Å². The van der Waals surface area contributed by atoms with Crippen molar-refractivity contribution in [3.05, 3.63) is 62.2 Å². The van der Waals surface area contributed by atoms with Gasteiger partial charge in [0.15, 0.2) is 0 Å². The number of halogens is 2. The first-order valence-electron chi connectivity index (χ1n) is 5.97. The molecule has 5 heteroatoms. The number of carbonyl (C=O) groups is 1. The van der Waals surface area contributed by atoms with Crippen molar-refractivity contribution in [2.45, 2.75) is 6.54 Å². The molecule has 0 saturated carbocycles. The molecule has 2 rings (SSSR count). The number of nitrogens with one attached hydrogen (secondary N) is 1. The summed E-state index contributed by atoms with van der Waals surface area (Å²) in [5.41, 5.74) is 1.43. The Bertz CT molecular complexity index is 631. The number of hydrogen-bond donors (Lipinski definition) is 1. The van der Waals surface area contributed by atoms with Crippen molar-refractivity contribution in [1.82, 2.24) is 5.32 Å². The summed E-state index contributed by atoms with van der Waals surface area (Å²) in [5, 5.41) is 3.44. The van der Waals surface area contributed by atoms with Crippen LogP contribution in [0, 0.1) is 3.57 Å². The van der Waals surface area contributed by atoms with E-state index >= 15 is 0 Å². The van der Waals surface area contributed by atoms with Crippen molar-refractivity contribution in [1.29, 1.82) is 0 Å². The Morgan fingerprint density at radius 3 is 2.70 bits per heavy atom. The van der Waals surface area contributed by atoms with Crippen molar-refractivity contribution >= 4 is 40.1 Å². The van der Waals surface area contributed by atoms with E-state index in [9.17, 15) is 4.79 Å². The van der Waals surface area contributed by atoms with Crippen LogP contribution in [0.2, 0.25) is 5.02 Å². The molecule has 2 aromatic rings. The van der Waals surface area contributed by atoms with Crippen molar-refractivity contribution in [3.63, 3.8) is 0 Å². The maximum Gasteiger partial charge on any atom is 0.252 e. The predicted molar refractivity (Wildman–Crippen MR) is 88.3 cm³/mol. The summed E-state index contributed by atoms with van der Waals surface area (Å²) in [6, 6.07) is 12.8. The summed E-state index contributed by atoms with van der Waals surface area (Å²) in [7, 11) is 1.58. The van der Waals surface area contributed by atoms with Gasteiger partial charge >= 0.3 is 0 Å². The number of amides is 1. The molecule has 1 N–H and O–H groups in total. The topological polar surface area (TPSA) is 38.3 Å². The van der Waals surface area contributed by atoms with E-state index in [1.165, 1.54) is 0 Å². The van der Waals surface area contributed by atoms with E-state index in [4.69, 9.17) is 16.3 Å². The molecule has 0 saturated heterocycles. The van der Waals surface area contributed by atoms with E-state index in [-0.39, 0.29) is 5.91 Å². The summed E-state index contributed by atoms with van der Waals surface area (Å²) in [6.07, 6.45) is 0. The lowest BCUT2D eigenvalue weighted by Gasteiger charge is -2.12. The molecule has 2 aromatic carbocycles. The molecule has 0 aliphatic rings. The van der Waals surface area contributed by atoms with Gasteiger partial charge in [-0.05, 0) is 46.9 Å². The highest BCUT2D eigenvalue weighted by molar-refractivity contribution is 14.1. The second-order valence-electron chi connectivity index (χ2n) is 4.08. The molecule has 0 aliphatic heterocycles. The normalized spacial score (nSPS) is 10.2. The molecule has 0 spiro atoms. The van der Waals surface area contributed by atoms with Gasteiger partial charge in [0.25, 0.3) is 5.91 Å². The third-order valence-corrected chi connectivity index (χ3v) is 4.13. The Morgan fingerprint density at radius 1 is 1.25 bits per heavy atom. The first-order valence-corrected chi connectivity index (χ1v) is 7.43. The van der Waals surface area contributed by atoms with Crippen LogP contribution < -0.4 is 10.1 Å². The quantitative estimate of drug-likeness (QED) is 0.790. The fraction of sp³-hybridized carbons (Fsp3) is 0.133. The predicted octanol–water partition coefficient (Wildman–Crippen LogP) is 3.88. The van der Waals surface area contributed by atoms with Crippen molar-refractivity contribution in [2.75, 3.05) is 7.11 Å². The molecule has 0 radical (unpaired) electrons. The Balaban J connectivity index is 2.14. The molecule has 3 nitrogen and oxygen atoms in total. The van der Waals surface area contributed by atoms with Gasteiger partial charge < -0.3 is 10.1 Å². The zero-order valence-electron chi connectivity index (χ0n) is 10.8. The fourth-order valence-corrected chi connectivity index (χ4v) is 2.68. The Kier molecular flexibility index (Phi) is 5.25. The number of carbonyl (C=O) groups excluding carboxylic acids is 1. The molecular formula is C15H13ClINO2. The highest BCUT2D eigenvalue weighted by Crippen LogP contribution is 2.26. The average molecular weight is 402 g/mol. The first-order chi connectivity index (χ1) is 9.63. The number of methoxy groups -OCH3 is 1. The molecule has 1 amide bonds. The largest absolute Gasteiger partial charge is 0.496 e. The Hall–Kier alpha value is -1.27. The first kappa shape index (κ1) is 15.1. The molecule has 0 bridgehead atoms. The lowest BCUT2D eigenvalue weighted by atomic mass is 10.1. The number of ether oxygens (including phenoxy) is 1. The SMILES string of the molecule is COc1cccc(Cl)c1CNC(=O)c1ccccc1I. The zero-order valence-corrected chi connectivity index (χ0v) is 13.7. The van der Waals surface area contributed by atoms with E-state index in [2.05, 4.69) is 27.9 Å². The van der Waals surface area contributed by atoms with Crippen LogP contribution in [0.5, 0.6) is 5.75 Å². The van der Waals surface area contributed by atoms with E-state index in [0.717, 1.165) is 9.13 Å². The monoisotopic (exact) mass is 401 g/mol. The molecule has 0 atom stereocenters. The van der Waals surface area contributed by atoms with E-state index in [0.29, 0.717) is 22.9 Å². The molecule has 0 unspecified atom stereocenters. The summed E-state index contributed by atoms with van der Waals surface area (Å²) in [4.78, 5) is 12.1. The third kappa shape index (κ3) is 3.43. The number of rotatable bonds is 4. The summed E-state index contributed by atoms with van der Waals surface area (Å²) in [6.45, 7) is 0.326. The van der Waals surface area contributed by atoms with Gasteiger partial charge in [-0.15, -0.1) is 0 Å². The van der Waals surface area contributed by atoms with Gasteiger partial charge in [0.05, 0.1) is 12.7 Å². The van der Waals surface area contributed by atoms with E-state index in [1.54, 1.807) is 19.2 Å². The molecule has 0 aromatic heterocycles. The lowest BCUT2D eigenvalue weighted by Crippen LogP contribution is -2.24. The summed E-state index contributed by atoms with van der Waals surface area (Å²) in [5.74, 6) is 0.539. The Labute approximate surface area is 136 Å². The van der Waals surface area contributed by atoms with Crippen LogP contribution in [0.1, 0.15) is 15.9 Å². The van der Waals surface area contributed by atoms with Gasteiger partial charge in [0, 0.05) is 20.7 Å². The molecule has 0 aliphatic carbocycles. The minimum atomic E-state index is -0.128. The number of hydrogen-bond acceptors (Lipinski definition) is 2. The summed E-state index contributed by atoms with van der Waals surface area (Å²) >= 11 is 8.28. The standard InChI is InChI=1S/C15H13ClINO2/c1-20-14-8-4-6-12(16)11(14)9-18-15(19)10-5-2-3-7-13(10)17/h2-8H,9H2,1H3,(H,18,19). The van der Waals surface area contributed by atoms with Crippen molar-refractivity contribution in [3.8, 4) is 5.75 Å². The molecular weight excluding hydrogens is 389 g/mol. The maximum absolute atomic E-state index is 12.1. The van der Waals surface area contributed by atoms with Crippen LogP contribution in [0.3, 0.4) is 0 Å². The maximum atomic E-state index is 12.1. The van der Waals surface area contributed by atoms with Gasteiger partial charge in [-0.2, -0.15) is 0 Å². The highest BCUT2D eigenvalue weighted by Gasteiger charge is 2.12. The minimum Gasteiger partial charge on any atom is -0.496 e. The van der Waals surface area contributed by atoms with Crippen LogP contribution in [0.4, 0.5) is 0 Å². The fourth-order valence-electron chi connectivity index (χ4n) is 1.81.